The minimum absolute atomic E-state index is 0.00233. The maximum absolute atomic E-state index is 13.0. The Morgan fingerprint density at radius 3 is 2.62 bits per heavy atom. The van der Waals surface area contributed by atoms with E-state index in [0.29, 0.717) is 18.0 Å². The SMILES string of the molecule is CC1CC(CN)CN1S(=O)(=O)c1cccc2ccccc12. The first-order chi connectivity index (χ1) is 10.0. The largest absolute Gasteiger partial charge is 0.330 e. The van der Waals surface area contributed by atoms with Crippen LogP contribution in [0.5, 0.6) is 0 Å². The maximum atomic E-state index is 13.0. The summed E-state index contributed by atoms with van der Waals surface area (Å²) in [6.45, 7) is 3.01. The van der Waals surface area contributed by atoms with E-state index in [4.69, 9.17) is 5.73 Å². The number of hydrogen-bond donors (Lipinski definition) is 1. The van der Waals surface area contributed by atoms with Crippen LogP contribution < -0.4 is 5.73 Å². The first kappa shape index (κ1) is 14.5. The second-order valence-electron chi connectivity index (χ2n) is 5.74. The van der Waals surface area contributed by atoms with Crippen molar-refractivity contribution < 1.29 is 8.42 Å². The van der Waals surface area contributed by atoms with Gasteiger partial charge in [-0.05, 0) is 37.3 Å². The second kappa shape index (κ2) is 5.40. The normalized spacial score (nSPS) is 23.7. The monoisotopic (exact) mass is 304 g/mol. The third-order valence-electron chi connectivity index (χ3n) is 4.27. The van der Waals surface area contributed by atoms with Crippen LogP contribution in [0.15, 0.2) is 47.4 Å². The summed E-state index contributed by atoms with van der Waals surface area (Å²) in [5.74, 6) is 0.254. The van der Waals surface area contributed by atoms with E-state index >= 15 is 0 Å². The van der Waals surface area contributed by atoms with Gasteiger partial charge >= 0.3 is 0 Å². The van der Waals surface area contributed by atoms with Crippen molar-refractivity contribution in [2.75, 3.05) is 13.1 Å². The molecule has 21 heavy (non-hydrogen) atoms. The molecule has 1 heterocycles. The lowest BCUT2D eigenvalue weighted by Crippen LogP contribution is -2.34. The van der Waals surface area contributed by atoms with Crippen molar-refractivity contribution in [2.24, 2.45) is 11.7 Å². The minimum atomic E-state index is -3.48. The van der Waals surface area contributed by atoms with Crippen molar-refractivity contribution in [1.29, 1.82) is 0 Å². The highest BCUT2D eigenvalue weighted by Gasteiger charge is 2.37. The number of hydrogen-bond acceptors (Lipinski definition) is 3. The summed E-state index contributed by atoms with van der Waals surface area (Å²) in [6, 6.07) is 13.0. The highest BCUT2D eigenvalue weighted by molar-refractivity contribution is 7.89. The van der Waals surface area contributed by atoms with Gasteiger partial charge in [-0.25, -0.2) is 8.42 Å². The lowest BCUT2D eigenvalue weighted by molar-refractivity contribution is 0.405. The number of rotatable bonds is 3. The molecule has 4 nitrogen and oxygen atoms in total. The second-order valence-corrected chi connectivity index (χ2v) is 7.60. The first-order valence-electron chi connectivity index (χ1n) is 7.23. The van der Waals surface area contributed by atoms with Crippen LogP contribution in [-0.2, 0) is 10.0 Å². The molecule has 2 atom stereocenters. The third-order valence-corrected chi connectivity index (χ3v) is 6.31. The fourth-order valence-corrected chi connectivity index (χ4v) is 5.10. The van der Waals surface area contributed by atoms with E-state index in [0.717, 1.165) is 17.2 Å². The van der Waals surface area contributed by atoms with E-state index in [1.165, 1.54) is 0 Å². The van der Waals surface area contributed by atoms with E-state index in [9.17, 15) is 8.42 Å². The molecule has 0 bridgehead atoms. The van der Waals surface area contributed by atoms with E-state index in [1.807, 2.05) is 37.3 Å². The Labute approximate surface area is 125 Å². The van der Waals surface area contributed by atoms with Gasteiger partial charge in [-0.3, -0.25) is 0 Å². The Hall–Kier alpha value is -1.43. The molecule has 0 radical (unpaired) electrons. The Morgan fingerprint density at radius 1 is 1.19 bits per heavy atom. The van der Waals surface area contributed by atoms with Crippen LogP contribution >= 0.6 is 0 Å². The Bertz CT molecular complexity index is 752. The number of benzene rings is 2. The molecule has 5 heteroatoms. The molecule has 112 valence electrons. The molecule has 1 saturated heterocycles. The molecule has 0 aromatic heterocycles. The van der Waals surface area contributed by atoms with Crippen molar-refractivity contribution >= 4 is 20.8 Å². The van der Waals surface area contributed by atoms with Crippen molar-refractivity contribution in [3.05, 3.63) is 42.5 Å². The molecule has 0 amide bonds. The van der Waals surface area contributed by atoms with Crippen LogP contribution in [0.1, 0.15) is 13.3 Å². The quantitative estimate of drug-likeness (QED) is 0.945. The van der Waals surface area contributed by atoms with Crippen LogP contribution in [0.2, 0.25) is 0 Å². The summed E-state index contributed by atoms with van der Waals surface area (Å²) in [7, 11) is -3.48. The van der Waals surface area contributed by atoms with Gasteiger partial charge in [0.25, 0.3) is 0 Å². The molecule has 3 rings (SSSR count). The smallest absolute Gasteiger partial charge is 0.243 e. The van der Waals surface area contributed by atoms with Crippen molar-refractivity contribution in [3.63, 3.8) is 0 Å². The van der Waals surface area contributed by atoms with Gasteiger partial charge in [-0.2, -0.15) is 4.31 Å². The predicted octanol–water partition coefficient (Wildman–Crippen LogP) is 2.20. The van der Waals surface area contributed by atoms with Gasteiger partial charge in [0.15, 0.2) is 0 Å². The van der Waals surface area contributed by atoms with Gasteiger partial charge in [-0.15, -0.1) is 0 Å². The standard InChI is InChI=1S/C16H20N2O2S/c1-12-9-13(10-17)11-18(12)21(19,20)16-8-4-6-14-5-2-3-7-15(14)16/h2-8,12-13H,9-11,17H2,1H3. The Kier molecular flexibility index (Phi) is 3.73. The van der Waals surface area contributed by atoms with Gasteiger partial charge in [0.05, 0.1) is 4.90 Å². The first-order valence-corrected chi connectivity index (χ1v) is 8.67. The molecule has 2 aromatic rings. The van der Waals surface area contributed by atoms with Crippen molar-refractivity contribution in [1.82, 2.24) is 4.31 Å². The molecule has 2 unspecified atom stereocenters. The van der Waals surface area contributed by atoms with Crippen LogP contribution in [0, 0.1) is 5.92 Å². The van der Waals surface area contributed by atoms with Crippen molar-refractivity contribution in [3.8, 4) is 0 Å². The molecule has 2 N–H and O–H groups in total. The maximum Gasteiger partial charge on any atom is 0.243 e. The molecular formula is C16H20N2O2S. The summed E-state index contributed by atoms with van der Waals surface area (Å²) in [6.07, 6.45) is 0.834. The highest BCUT2D eigenvalue weighted by atomic mass is 32.2. The number of nitrogens with two attached hydrogens (primary N) is 1. The van der Waals surface area contributed by atoms with E-state index in [1.54, 1.807) is 16.4 Å². The van der Waals surface area contributed by atoms with Crippen LogP contribution in [-0.4, -0.2) is 31.9 Å². The molecule has 2 aromatic carbocycles. The van der Waals surface area contributed by atoms with Crippen LogP contribution in [0.3, 0.4) is 0 Å². The van der Waals surface area contributed by atoms with Crippen molar-refractivity contribution in [2.45, 2.75) is 24.3 Å². The zero-order chi connectivity index (χ0) is 15.0. The minimum Gasteiger partial charge on any atom is -0.330 e. The summed E-state index contributed by atoms with van der Waals surface area (Å²) < 4.78 is 27.6. The van der Waals surface area contributed by atoms with Crippen LogP contribution in [0.4, 0.5) is 0 Å². The van der Waals surface area contributed by atoms with Gasteiger partial charge in [0, 0.05) is 18.0 Å². The summed E-state index contributed by atoms with van der Waals surface area (Å²) in [4.78, 5) is 0.394. The molecule has 1 aliphatic heterocycles. The summed E-state index contributed by atoms with van der Waals surface area (Å²) >= 11 is 0. The molecule has 0 saturated carbocycles. The van der Waals surface area contributed by atoms with E-state index < -0.39 is 10.0 Å². The van der Waals surface area contributed by atoms with Gasteiger partial charge in [0.1, 0.15) is 0 Å². The molecular weight excluding hydrogens is 284 g/mol. The number of sulfonamides is 1. The highest BCUT2D eigenvalue weighted by Crippen LogP contribution is 2.32. The average Bonchev–Trinajstić information content (AvgIpc) is 2.88. The number of fused-ring (bicyclic) bond motifs is 1. The van der Waals surface area contributed by atoms with E-state index in [-0.39, 0.29) is 12.0 Å². The third kappa shape index (κ3) is 2.46. The molecule has 0 aliphatic carbocycles. The Morgan fingerprint density at radius 2 is 1.90 bits per heavy atom. The average molecular weight is 304 g/mol. The lowest BCUT2D eigenvalue weighted by Gasteiger charge is -2.22. The number of nitrogens with zero attached hydrogens (tertiary/aromatic N) is 1. The molecule has 1 aliphatic rings. The van der Waals surface area contributed by atoms with Gasteiger partial charge in [0.2, 0.25) is 10.0 Å². The van der Waals surface area contributed by atoms with Gasteiger partial charge in [-0.1, -0.05) is 36.4 Å². The predicted molar refractivity (Wildman–Crippen MR) is 84.5 cm³/mol. The fourth-order valence-electron chi connectivity index (χ4n) is 3.16. The lowest BCUT2D eigenvalue weighted by atomic mass is 10.1. The fraction of sp³-hybridized carbons (Fsp3) is 0.375. The Balaban J connectivity index is 2.09. The van der Waals surface area contributed by atoms with Gasteiger partial charge < -0.3 is 5.73 Å². The molecule has 0 spiro atoms. The van der Waals surface area contributed by atoms with E-state index in [2.05, 4.69) is 0 Å². The molecule has 1 fully saturated rings. The zero-order valence-corrected chi connectivity index (χ0v) is 12.9. The summed E-state index contributed by atoms with van der Waals surface area (Å²) in [5, 5.41) is 1.73. The summed E-state index contributed by atoms with van der Waals surface area (Å²) in [5.41, 5.74) is 5.71. The zero-order valence-electron chi connectivity index (χ0n) is 12.1. The topological polar surface area (TPSA) is 63.4 Å². The van der Waals surface area contributed by atoms with Crippen LogP contribution in [0.25, 0.3) is 10.8 Å².